The number of pyridine rings is 1. The summed E-state index contributed by atoms with van der Waals surface area (Å²) < 4.78 is 30.3. The first-order chi connectivity index (χ1) is 14.9. The minimum absolute atomic E-state index is 0.0797. The van der Waals surface area contributed by atoms with Crippen molar-refractivity contribution in [2.75, 3.05) is 5.32 Å². The van der Waals surface area contributed by atoms with Gasteiger partial charge in [0.25, 0.3) is 0 Å². The fourth-order valence-corrected chi connectivity index (χ4v) is 3.95. The molecule has 31 heavy (non-hydrogen) atoms. The zero-order valence-electron chi connectivity index (χ0n) is 16.7. The van der Waals surface area contributed by atoms with Gasteiger partial charge in [-0.3, -0.25) is 0 Å². The van der Waals surface area contributed by atoms with Gasteiger partial charge in [-0.25, -0.2) is 18.6 Å². The van der Waals surface area contributed by atoms with E-state index in [1.165, 1.54) is 0 Å². The van der Waals surface area contributed by atoms with Crippen LogP contribution in [0.2, 0.25) is 0 Å². The number of hydrogen-bond donors (Lipinski definition) is 2. The first-order valence-corrected chi connectivity index (χ1v) is 9.95. The molecule has 0 unspecified atom stereocenters. The van der Waals surface area contributed by atoms with Crippen LogP contribution in [-0.4, -0.2) is 20.6 Å². The molecule has 0 atom stereocenters. The smallest absolute Gasteiger partial charge is 0.339 e. The van der Waals surface area contributed by atoms with Crippen LogP contribution < -0.4 is 5.32 Å². The van der Waals surface area contributed by atoms with Crippen molar-refractivity contribution in [3.05, 3.63) is 77.6 Å². The number of nitrogens with one attached hydrogen (secondary N) is 1. The molecule has 0 radical (unpaired) electrons. The number of rotatable bonds is 5. The molecule has 5 rings (SSSR count). The minimum atomic E-state index is -1.07. The molecule has 7 heteroatoms. The summed E-state index contributed by atoms with van der Waals surface area (Å²) in [5, 5.41) is 13.5. The monoisotopic (exact) mass is 419 g/mol. The molecule has 0 saturated heterocycles. The van der Waals surface area contributed by atoms with E-state index in [2.05, 4.69) is 10.3 Å². The molecule has 1 aliphatic rings. The third-order valence-corrected chi connectivity index (χ3v) is 5.64. The van der Waals surface area contributed by atoms with Gasteiger partial charge in [-0.15, -0.1) is 0 Å². The van der Waals surface area contributed by atoms with Crippen LogP contribution in [-0.2, 0) is 7.05 Å². The lowest BCUT2D eigenvalue weighted by Crippen LogP contribution is -2.06. The second kappa shape index (κ2) is 7.19. The predicted octanol–water partition coefficient (Wildman–Crippen LogP) is 5.84. The average molecular weight is 419 g/mol. The number of aryl methyl sites for hydroxylation is 1. The second-order valence-electron chi connectivity index (χ2n) is 7.88. The Morgan fingerprint density at radius 3 is 2.68 bits per heavy atom. The standard InChI is InChI=1S/C24H19F2N3O2/c1-29-7-6-14-8-17(11-19(22(14)29)18-10-16(25)4-5-21(18)26)28-23-20(24(30)31)9-15(12-27-23)13-2-3-13/h4-13H,2-3H2,1H3,(H,27,28)(H,30,31). The lowest BCUT2D eigenvalue weighted by molar-refractivity contribution is 0.0697. The first kappa shape index (κ1) is 19.2. The van der Waals surface area contributed by atoms with Crippen molar-refractivity contribution in [1.82, 2.24) is 9.55 Å². The van der Waals surface area contributed by atoms with Crippen molar-refractivity contribution >= 4 is 28.4 Å². The minimum Gasteiger partial charge on any atom is -0.478 e. The lowest BCUT2D eigenvalue weighted by atomic mass is 10.0. The molecule has 2 heterocycles. The summed E-state index contributed by atoms with van der Waals surface area (Å²) in [7, 11) is 1.83. The van der Waals surface area contributed by atoms with E-state index >= 15 is 0 Å². The van der Waals surface area contributed by atoms with E-state index in [-0.39, 0.29) is 16.9 Å². The second-order valence-corrected chi connectivity index (χ2v) is 7.88. The number of halogens is 2. The molecule has 0 spiro atoms. The quantitative estimate of drug-likeness (QED) is 0.427. The van der Waals surface area contributed by atoms with E-state index in [0.717, 1.165) is 47.5 Å². The van der Waals surface area contributed by atoms with Gasteiger partial charge >= 0.3 is 5.97 Å². The molecule has 5 nitrogen and oxygen atoms in total. The van der Waals surface area contributed by atoms with Gasteiger partial charge in [-0.05, 0) is 66.8 Å². The Morgan fingerprint density at radius 2 is 1.94 bits per heavy atom. The van der Waals surface area contributed by atoms with Crippen LogP contribution in [0, 0.1) is 11.6 Å². The Balaban J connectivity index is 1.64. The summed E-state index contributed by atoms with van der Waals surface area (Å²) in [5.41, 5.74) is 2.90. The summed E-state index contributed by atoms with van der Waals surface area (Å²) in [6, 6.07) is 10.4. The zero-order valence-corrected chi connectivity index (χ0v) is 16.7. The number of anilines is 2. The SMILES string of the molecule is Cn1ccc2cc(Nc3ncc(C4CC4)cc3C(=O)O)cc(-c3cc(F)ccc3F)c21. The molecule has 2 aromatic heterocycles. The van der Waals surface area contributed by atoms with Gasteiger partial charge in [0, 0.05) is 41.6 Å². The van der Waals surface area contributed by atoms with Crippen LogP contribution in [0.4, 0.5) is 20.3 Å². The van der Waals surface area contributed by atoms with Crippen molar-refractivity contribution in [3.8, 4) is 11.1 Å². The Morgan fingerprint density at radius 1 is 1.13 bits per heavy atom. The Labute approximate surface area is 177 Å². The lowest BCUT2D eigenvalue weighted by Gasteiger charge is -2.14. The maximum atomic E-state index is 14.6. The summed E-state index contributed by atoms with van der Waals surface area (Å²) in [6.45, 7) is 0. The van der Waals surface area contributed by atoms with E-state index in [1.807, 2.05) is 29.9 Å². The Kier molecular flexibility index (Phi) is 4.46. The van der Waals surface area contributed by atoms with Gasteiger partial charge in [0.05, 0.1) is 5.52 Å². The fraction of sp³-hybridized carbons (Fsp3) is 0.167. The molecule has 2 aromatic carbocycles. The van der Waals surface area contributed by atoms with E-state index < -0.39 is 17.6 Å². The van der Waals surface area contributed by atoms with E-state index in [9.17, 15) is 18.7 Å². The number of hydrogen-bond acceptors (Lipinski definition) is 3. The van der Waals surface area contributed by atoms with E-state index in [4.69, 9.17) is 0 Å². The highest BCUT2D eigenvalue weighted by Crippen LogP contribution is 2.41. The van der Waals surface area contributed by atoms with Gasteiger partial charge in [-0.2, -0.15) is 0 Å². The number of aromatic nitrogens is 2. The number of benzene rings is 2. The molecule has 1 saturated carbocycles. The topological polar surface area (TPSA) is 67.2 Å². The largest absolute Gasteiger partial charge is 0.478 e. The highest BCUT2D eigenvalue weighted by atomic mass is 19.1. The fourth-order valence-electron chi connectivity index (χ4n) is 3.95. The molecule has 1 aliphatic carbocycles. The van der Waals surface area contributed by atoms with Crippen molar-refractivity contribution in [1.29, 1.82) is 0 Å². The third kappa shape index (κ3) is 3.52. The van der Waals surface area contributed by atoms with Crippen LogP contribution in [0.1, 0.15) is 34.7 Å². The summed E-state index contributed by atoms with van der Waals surface area (Å²) in [4.78, 5) is 16.2. The van der Waals surface area contributed by atoms with Crippen LogP contribution in [0.5, 0.6) is 0 Å². The van der Waals surface area contributed by atoms with Crippen LogP contribution in [0.15, 0.2) is 54.9 Å². The summed E-state index contributed by atoms with van der Waals surface area (Å²) in [5.74, 6) is -1.57. The molecule has 4 aromatic rings. The average Bonchev–Trinajstić information content (AvgIpc) is 3.53. The van der Waals surface area contributed by atoms with Crippen molar-refractivity contribution in [2.45, 2.75) is 18.8 Å². The van der Waals surface area contributed by atoms with E-state index in [0.29, 0.717) is 17.2 Å². The van der Waals surface area contributed by atoms with Gasteiger partial charge < -0.3 is 15.0 Å². The van der Waals surface area contributed by atoms with Crippen LogP contribution in [0.25, 0.3) is 22.0 Å². The normalized spacial score (nSPS) is 13.5. The van der Waals surface area contributed by atoms with E-state index in [1.54, 1.807) is 18.3 Å². The van der Waals surface area contributed by atoms with Crippen LogP contribution in [0.3, 0.4) is 0 Å². The number of carboxylic acid groups (broad SMARTS) is 1. The molecule has 0 aliphatic heterocycles. The van der Waals surface area contributed by atoms with Gasteiger partial charge in [0.1, 0.15) is 23.0 Å². The first-order valence-electron chi connectivity index (χ1n) is 9.95. The van der Waals surface area contributed by atoms with Gasteiger partial charge in [-0.1, -0.05) is 0 Å². The Hall–Kier alpha value is -3.74. The summed E-state index contributed by atoms with van der Waals surface area (Å²) >= 11 is 0. The maximum Gasteiger partial charge on any atom is 0.339 e. The molecule has 1 fully saturated rings. The molecule has 156 valence electrons. The van der Waals surface area contributed by atoms with Crippen molar-refractivity contribution in [3.63, 3.8) is 0 Å². The van der Waals surface area contributed by atoms with Crippen molar-refractivity contribution in [2.24, 2.45) is 7.05 Å². The number of carbonyl (C=O) groups is 1. The zero-order chi connectivity index (χ0) is 21.7. The molecule has 0 bridgehead atoms. The maximum absolute atomic E-state index is 14.6. The predicted molar refractivity (Wildman–Crippen MR) is 115 cm³/mol. The van der Waals surface area contributed by atoms with Gasteiger partial charge in [0.15, 0.2) is 0 Å². The third-order valence-electron chi connectivity index (χ3n) is 5.64. The molecule has 0 amide bonds. The number of nitrogens with zero attached hydrogens (tertiary/aromatic N) is 2. The Bertz CT molecular complexity index is 1340. The molecular formula is C24H19F2N3O2. The highest BCUT2D eigenvalue weighted by molar-refractivity contribution is 5.99. The number of fused-ring (bicyclic) bond motifs is 1. The number of carboxylic acids is 1. The van der Waals surface area contributed by atoms with Crippen LogP contribution >= 0.6 is 0 Å². The highest BCUT2D eigenvalue weighted by Gasteiger charge is 2.26. The van der Waals surface area contributed by atoms with Gasteiger partial charge in [0.2, 0.25) is 0 Å². The number of aromatic carboxylic acids is 1. The molecule has 2 N–H and O–H groups in total. The van der Waals surface area contributed by atoms with Crippen molar-refractivity contribution < 1.29 is 18.7 Å². The molecular weight excluding hydrogens is 400 g/mol. The summed E-state index contributed by atoms with van der Waals surface area (Å²) in [6.07, 6.45) is 5.61.